The number of esters is 1. The third-order valence-corrected chi connectivity index (χ3v) is 6.30. The predicted molar refractivity (Wildman–Crippen MR) is 128 cm³/mol. The first-order valence-electron chi connectivity index (χ1n) is 11.1. The van der Waals surface area contributed by atoms with Crippen molar-refractivity contribution in [1.29, 1.82) is 0 Å². The normalized spacial score (nSPS) is 11.8. The van der Waals surface area contributed by atoms with Crippen molar-refractivity contribution in [3.63, 3.8) is 0 Å². The predicted octanol–water partition coefficient (Wildman–Crippen LogP) is 6.85. The van der Waals surface area contributed by atoms with E-state index in [4.69, 9.17) is 4.74 Å². The lowest BCUT2D eigenvalue weighted by atomic mass is 9.87. The van der Waals surface area contributed by atoms with Gasteiger partial charge in [-0.15, -0.1) is 0 Å². The Morgan fingerprint density at radius 3 is 2.39 bits per heavy atom. The minimum atomic E-state index is -0.128. The van der Waals surface area contributed by atoms with Crippen LogP contribution in [-0.4, -0.2) is 11.1 Å². The van der Waals surface area contributed by atoms with Crippen LogP contribution in [0.15, 0.2) is 60.7 Å². The summed E-state index contributed by atoms with van der Waals surface area (Å²) in [6.07, 6.45) is 3.51. The van der Waals surface area contributed by atoms with Gasteiger partial charge in [0.05, 0.1) is 6.61 Å². The van der Waals surface area contributed by atoms with Gasteiger partial charge in [-0.3, -0.25) is 4.79 Å². The van der Waals surface area contributed by atoms with Crippen molar-refractivity contribution in [3.05, 3.63) is 71.8 Å². The quantitative estimate of drug-likeness (QED) is 0.138. The van der Waals surface area contributed by atoms with E-state index in [-0.39, 0.29) is 12.6 Å². The highest BCUT2D eigenvalue weighted by Crippen LogP contribution is 2.41. The van der Waals surface area contributed by atoms with Gasteiger partial charge in [-0.25, -0.2) is 0 Å². The molecule has 0 radical (unpaired) electrons. The van der Waals surface area contributed by atoms with Crippen LogP contribution in [0.5, 0.6) is 0 Å². The van der Waals surface area contributed by atoms with Crippen LogP contribution >= 0.6 is 0 Å². The van der Waals surface area contributed by atoms with E-state index in [2.05, 4.69) is 67.6 Å². The van der Waals surface area contributed by atoms with Crippen LogP contribution < -0.4 is 0 Å². The van der Waals surface area contributed by atoms with Crippen molar-refractivity contribution in [2.24, 2.45) is 0 Å². The fraction of sp³-hybridized carbons (Fsp3) is 0.250. The van der Waals surface area contributed by atoms with Crippen LogP contribution in [0.25, 0.3) is 43.1 Å². The highest BCUT2D eigenvalue weighted by atomic mass is 16.5. The zero-order valence-electron chi connectivity index (χ0n) is 17.8. The van der Waals surface area contributed by atoms with Crippen molar-refractivity contribution >= 4 is 49.1 Å². The summed E-state index contributed by atoms with van der Waals surface area (Å²) in [5.41, 5.74) is 1.94. The first kappa shape index (κ1) is 19.8. The summed E-state index contributed by atoms with van der Waals surface area (Å²) < 4.78 is 5.61. The number of hydrogen-bond donors (Lipinski definition) is 1. The molecule has 0 aliphatic rings. The summed E-state index contributed by atoms with van der Waals surface area (Å²) in [6.45, 7) is 2.44. The Morgan fingerprint density at radius 1 is 0.839 bits per heavy atom. The molecule has 0 saturated carbocycles. The Kier molecular flexibility index (Phi) is 5.21. The lowest BCUT2D eigenvalue weighted by Crippen LogP contribution is -2.04. The molecule has 3 nitrogen and oxygen atoms in total. The minimum Gasteiger partial charge on any atom is -0.461 e. The molecule has 0 heterocycles. The third kappa shape index (κ3) is 3.39. The lowest BCUT2D eigenvalue weighted by Gasteiger charge is -2.17. The molecule has 1 N–H and O–H groups in total. The van der Waals surface area contributed by atoms with Gasteiger partial charge in [0.15, 0.2) is 0 Å². The molecule has 0 spiro atoms. The van der Waals surface area contributed by atoms with E-state index in [0.29, 0.717) is 13.0 Å². The number of aliphatic hydroxyl groups is 1. The summed E-state index contributed by atoms with van der Waals surface area (Å²) in [5.74, 6) is -0.128. The zero-order chi connectivity index (χ0) is 21.4. The monoisotopic (exact) mass is 410 g/mol. The van der Waals surface area contributed by atoms with Gasteiger partial charge in [0, 0.05) is 6.42 Å². The number of carbonyl (C=O) groups excluding carboxylic acids is 1. The summed E-state index contributed by atoms with van der Waals surface area (Å²) in [6, 6.07) is 21.1. The molecule has 0 atom stereocenters. The molecule has 5 aromatic rings. The van der Waals surface area contributed by atoms with Gasteiger partial charge in [0.25, 0.3) is 0 Å². The van der Waals surface area contributed by atoms with Gasteiger partial charge < -0.3 is 9.84 Å². The number of aliphatic hydroxyl groups excluding tert-OH is 1. The first-order valence-corrected chi connectivity index (χ1v) is 11.1. The number of unbranched alkanes of at least 4 members (excludes halogenated alkanes) is 2. The van der Waals surface area contributed by atoms with Crippen LogP contribution in [0.3, 0.4) is 0 Å². The van der Waals surface area contributed by atoms with E-state index in [1.165, 1.54) is 26.9 Å². The molecule has 5 aromatic carbocycles. The molecule has 0 aliphatic heterocycles. The molecule has 0 bridgehead atoms. The second-order valence-electron chi connectivity index (χ2n) is 8.32. The molecule has 31 heavy (non-hydrogen) atoms. The maximum atomic E-state index is 12.1. The van der Waals surface area contributed by atoms with Crippen LogP contribution in [0.4, 0.5) is 0 Å². The number of hydrogen-bond acceptors (Lipinski definition) is 3. The van der Waals surface area contributed by atoms with Gasteiger partial charge in [-0.05, 0) is 72.8 Å². The minimum absolute atomic E-state index is 0.0179. The Labute approximate surface area is 181 Å². The summed E-state index contributed by atoms with van der Waals surface area (Å²) >= 11 is 0. The number of ether oxygens (including phenoxy) is 1. The number of fused-ring (bicyclic) bond motifs is 2. The van der Waals surface area contributed by atoms with E-state index in [1.807, 2.05) is 0 Å². The Bertz CT molecular complexity index is 1400. The Morgan fingerprint density at radius 2 is 1.58 bits per heavy atom. The molecule has 0 aromatic heterocycles. The number of rotatable bonds is 7. The summed E-state index contributed by atoms with van der Waals surface area (Å²) in [7, 11) is 0. The average molecular weight is 411 g/mol. The standard InChI is InChI=1S/C28H26O3/c1-2-3-4-11-26(30)31-17-20-12-13-24-22-9-5-7-19-14-18(16-29)15-25(27(19)22)23-10-6-8-21(20)28(23)24/h5-10,12-15,29H,2-4,11,16-17H2,1H3. The smallest absolute Gasteiger partial charge is 0.306 e. The van der Waals surface area contributed by atoms with E-state index in [9.17, 15) is 9.90 Å². The zero-order valence-corrected chi connectivity index (χ0v) is 17.8. The van der Waals surface area contributed by atoms with Crippen LogP contribution in [0, 0.1) is 0 Å². The molecule has 0 fully saturated rings. The van der Waals surface area contributed by atoms with E-state index in [0.717, 1.165) is 46.5 Å². The fourth-order valence-corrected chi connectivity index (χ4v) is 4.81. The van der Waals surface area contributed by atoms with Crippen LogP contribution in [-0.2, 0) is 22.7 Å². The molecule has 5 rings (SSSR count). The van der Waals surface area contributed by atoms with Gasteiger partial charge in [0.2, 0.25) is 0 Å². The molecule has 0 unspecified atom stereocenters. The molecular weight excluding hydrogens is 384 g/mol. The number of benzene rings is 5. The topological polar surface area (TPSA) is 46.5 Å². The first-order chi connectivity index (χ1) is 15.2. The maximum absolute atomic E-state index is 12.1. The van der Waals surface area contributed by atoms with Crippen molar-refractivity contribution < 1.29 is 14.6 Å². The van der Waals surface area contributed by atoms with Gasteiger partial charge >= 0.3 is 5.97 Å². The molecular formula is C28H26O3. The van der Waals surface area contributed by atoms with Crippen molar-refractivity contribution in [1.82, 2.24) is 0 Å². The van der Waals surface area contributed by atoms with Gasteiger partial charge in [0.1, 0.15) is 6.61 Å². The molecule has 3 heteroatoms. The highest BCUT2D eigenvalue weighted by molar-refractivity contribution is 6.33. The van der Waals surface area contributed by atoms with Crippen LogP contribution in [0.1, 0.15) is 43.7 Å². The average Bonchev–Trinajstić information content (AvgIpc) is 2.81. The molecule has 0 amide bonds. The van der Waals surface area contributed by atoms with E-state index >= 15 is 0 Å². The van der Waals surface area contributed by atoms with Crippen molar-refractivity contribution in [2.75, 3.05) is 0 Å². The van der Waals surface area contributed by atoms with Crippen molar-refractivity contribution in [2.45, 2.75) is 45.8 Å². The summed E-state index contributed by atoms with van der Waals surface area (Å²) in [4.78, 5) is 12.1. The maximum Gasteiger partial charge on any atom is 0.306 e. The molecule has 156 valence electrons. The molecule has 0 saturated heterocycles. The van der Waals surface area contributed by atoms with Gasteiger partial charge in [-0.2, -0.15) is 0 Å². The largest absolute Gasteiger partial charge is 0.461 e. The van der Waals surface area contributed by atoms with E-state index in [1.54, 1.807) is 0 Å². The Balaban J connectivity index is 1.67. The summed E-state index contributed by atoms with van der Waals surface area (Å²) in [5, 5.41) is 19.2. The second-order valence-corrected chi connectivity index (χ2v) is 8.32. The second kappa shape index (κ2) is 8.16. The SMILES string of the molecule is CCCCCC(=O)OCc1ccc2c3cccc4cc(CO)cc(c5cccc1c25)c43. The third-order valence-electron chi connectivity index (χ3n) is 6.30. The Hall–Kier alpha value is -3.17. The lowest BCUT2D eigenvalue weighted by molar-refractivity contribution is -0.145. The highest BCUT2D eigenvalue weighted by Gasteiger charge is 2.15. The van der Waals surface area contributed by atoms with Gasteiger partial charge in [-0.1, -0.05) is 68.3 Å². The fourth-order valence-electron chi connectivity index (χ4n) is 4.81. The van der Waals surface area contributed by atoms with Crippen molar-refractivity contribution in [3.8, 4) is 0 Å². The molecule has 0 aliphatic carbocycles. The van der Waals surface area contributed by atoms with Crippen LogP contribution in [0.2, 0.25) is 0 Å². The van der Waals surface area contributed by atoms with E-state index < -0.39 is 0 Å². The number of carbonyl (C=O) groups is 1.